The summed E-state index contributed by atoms with van der Waals surface area (Å²) in [7, 11) is 0. The molecule has 2 nitrogen and oxygen atoms in total. The van der Waals surface area contributed by atoms with Gasteiger partial charge in [0.1, 0.15) is 0 Å². The Morgan fingerprint density at radius 1 is 1.17 bits per heavy atom. The van der Waals surface area contributed by atoms with Crippen molar-refractivity contribution in [3.8, 4) is 16.6 Å². The molecule has 86 valence electrons. The first-order valence-corrected chi connectivity index (χ1v) is 6.55. The van der Waals surface area contributed by atoms with Crippen LogP contribution in [0.2, 0.25) is 0 Å². The van der Waals surface area contributed by atoms with Crippen molar-refractivity contribution >= 4 is 22.2 Å². The maximum absolute atomic E-state index is 8.70. The monoisotopic (exact) mass is 250 g/mol. The molecule has 0 saturated carbocycles. The van der Waals surface area contributed by atoms with E-state index in [1.165, 1.54) is 4.88 Å². The quantitative estimate of drug-likeness (QED) is 0.688. The standard InChI is InChI=1S/C15H10N2S/c16-8-7-11-3-5-13-12(10-11)4-6-14(17-13)15-2-1-9-18-15/h1-6,9-10H,7H2. The summed E-state index contributed by atoms with van der Waals surface area (Å²) in [6.07, 6.45) is 0.447. The van der Waals surface area contributed by atoms with Gasteiger partial charge in [0.2, 0.25) is 0 Å². The molecular weight excluding hydrogens is 240 g/mol. The van der Waals surface area contributed by atoms with Crippen LogP contribution in [0.25, 0.3) is 21.5 Å². The van der Waals surface area contributed by atoms with Crippen molar-refractivity contribution in [2.75, 3.05) is 0 Å². The van der Waals surface area contributed by atoms with Crippen LogP contribution in [-0.4, -0.2) is 4.98 Å². The van der Waals surface area contributed by atoms with Gasteiger partial charge < -0.3 is 0 Å². The number of fused-ring (bicyclic) bond motifs is 1. The Bertz CT molecular complexity index is 724. The molecule has 2 heterocycles. The third-order valence-electron chi connectivity index (χ3n) is 2.81. The van der Waals surface area contributed by atoms with Gasteiger partial charge in [-0.1, -0.05) is 18.2 Å². The first kappa shape index (κ1) is 10.9. The van der Waals surface area contributed by atoms with Gasteiger partial charge >= 0.3 is 0 Å². The van der Waals surface area contributed by atoms with Gasteiger partial charge in [0, 0.05) is 5.39 Å². The van der Waals surface area contributed by atoms with Crippen LogP contribution in [0.15, 0.2) is 47.8 Å². The van der Waals surface area contributed by atoms with Crippen molar-refractivity contribution in [3.63, 3.8) is 0 Å². The van der Waals surface area contributed by atoms with Crippen LogP contribution in [0.4, 0.5) is 0 Å². The molecule has 0 amide bonds. The van der Waals surface area contributed by atoms with Crippen molar-refractivity contribution in [3.05, 3.63) is 53.4 Å². The van der Waals surface area contributed by atoms with E-state index in [2.05, 4.69) is 28.6 Å². The van der Waals surface area contributed by atoms with Crippen LogP contribution < -0.4 is 0 Å². The molecule has 0 radical (unpaired) electrons. The van der Waals surface area contributed by atoms with Gasteiger partial charge in [0.25, 0.3) is 0 Å². The van der Waals surface area contributed by atoms with Crippen molar-refractivity contribution in [2.24, 2.45) is 0 Å². The largest absolute Gasteiger partial charge is 0.247 e. The van der Waals surface area contributed by atoms with Crippen LogP contribution in [0.1, 0.15) is 5.56 Å². The van der Waals surface area contributed by atoms with E-state index in [0.29, 0.717) is 6.42 Å². The number of nitrogens with zero attached hydrogens (tertiary/aromatic N) is 2. The fourth-order valence-corrected chi connectivity index (χ4v) is 2.63. The topological polar surface area (TPSA) is 36.7 Å². The van der Waals surface area contributed by atoms with Crippen molar-refractivity contribution < 1.29 is 0 Å². The predicted molar refractivity (Wildman–Crippen MR) is 74.4 cm³/mol. The number of aromatic nitrogens is 1. The minimum Gasteiger partial charge on any atom is -0.247 e. The van der Waals surface area contributed by atoms with Crippen LogP contribution in [0.3, 0.4) is 0 Å². The summed E-state index contributed by atoms with van der Waals surface area (Å²) in [5.74, 6) is 0. The molecule has 18 heavy (non-hydrogen) atoms. The van der Waals surface area contributed by atoms with E-state index in [4.69, 9.17) is 5.26 Å². The second-order valence-electron chi connectivity index (χ2n) is 4.04. The molecular formula is C15H10N2S. The lowest BCUT2D eigenvalue weighted by Crippen LogP contribution is -1.86. The summed E-state index contributed by atoms with van der Waals surface area (Å²) in [5.41, 5.74) is 3.02. The average molecular weight is 250 g/mol. The van der Waals surface area contributed by atoms with Gasteiger partial charge in [-0.15, -0.1) is 11.3 Å². The van der Waals surface area contributed by atoms with Crippen molar-refractivity contribution in [2.45, 2.75) is 6.42 Å². The summed E-state index contributed by atoms with van der Waals surface area (Å²) in [4.78, 5) is 5.83. The van der Waals surface area contributed by atoms with Gasteiger partial charge in [-0.05, 0) is 35.2 Å². The van der Waals surface area contributed by atoms with E-state index < -0.39 is 0 Å². The molecule has 1 aromatic carbocycles. The van der Waals surface area contributed by atoms with Crippen molar-refractivity contribution in [1.29, 1.82) is 5.26 Å². The van der Waals surface area contributed by atoms with E-state index in [-0.39, 0.29) is 0 Å². The Morgan fingerprint density at radius 2 is 2.11 bits per heavy atom. The second-order valence-corrected chi connectivity index (χ2v) is 4.98. The van der Waals surface area contributed by atoms with E-state index in [9.17, 15) is 0 Å². The first-order valence-electron chi connectivity index (χ1n) is 5.67. The van der Waals surface area contributed by atoms with E-state index in [0.717, 1.165) is 22.2 Å². The zero-order valence-corrected chi connectivity index (χ0v) is 10.4. The first-order chi connectivity index (χ1) is 8.86. The molecule has 0 atom stereocenters. The number of pyridine rings is 1. The van der Waals surface area contributed by atoms with E-state index in [1.54, 1.807) is 11.3 Å². The highest BCUT2D eigenvalue weighted by Crippen LogP contribution is 2.25. The number of hydrogen-bond acceptors (Lipinski definition) is 3. The van der Waals surface area contributed by atoms with Crippen LogP contribution in [0, 0.1) is 11.3 Å². The van der Waals surface area contributed by atoms with Gasteiger partial charge in [-0.25, -0.2) is 4.98 Å². The fraction of sp³-hybridized carbons (Fsp3) is 0.0667. The van der Waals surface area contributed by atoms with Crippen LogP contribution in [-0.2, 0) is 6.42 Å². The Morgan fingerprint density at radius 3 is 2.89 bits per heavy atom. The minimum atomic E-state index is 0.447. The maximum Gasteiger partial charge on any atom is 0.0809 e. The Labute approximate surface area is 109 Å². The Kier molecular flexibility index (Phi) is 2.79. The van der Waals surface area contributed by atoms with Gasteiger partial charge in [-0.3, -0.25) is 0 Å². The molecule has 0 unspecified atom stereocenters. The van der Waals surface area contributed by atoms with Crippen LogP contribution >= 0.6 is 11.3 Å². The number of hydrogen-bond donors (Lipinski definition) is 0. The number of benzene rings is 1. The summed E-state index contributed by atoms with van der Waals surface area (Å²) >= 11 is 1.69. The lowest BCUT2D eigenvalue weighted by molar-refractivity contribution is 1.27. The fourth-order valence-electron chi connectivity index (χ4n) is 1.94. The summed E-state index contributed by atoms with van der Waals surface area (Å²) in [6, 6.07) is 16.4. The summed E-state index contributed by atoms with van der Waals surface area (Å²) in [6.45, 7) is 0. The van der Waals surface area contributed by atoms with Gasteiger partial charge in [-0.2, -0.15) is 5.26 Å². The van der Waals surface area contributed by atoms with Crippen molar-refractivity contribution in [1.82, 2.24) is 4.98 Å². The molecule has 3 rings (SSSR count). The highest BCUT2D eigenvalue weighted by molar-refractivity contribution is 7.13. The van der Waals surface area contributed by atoms with E-state index >= 15 is 0 Å². The highest BCUT2D eigenvalue weighted by Gasteiger charge is 2.03. The average Bonchev–Trinajstić information content (AvgIpc) is 2.92. The Balaban J connectivity index is 2.09. The molecule has 0 saturated heterocycles. The van der Waals surface area contributed by atoms with Gasteiger partial charge in [0.15, 0.2) is 0 Å². The smallest absolute Gasteiger partial charge is 0.0809 e. The SMILES string of the molecule is N#CCc1ccc2nc(-c3cccs3)ccc2c1. The third kappa shape index (κ3) is 1.99. The highest BCUT2D eigenvalue weighted by atomic mass is 32.1. The molecule has 0 aliphatic heterocycles. The van der Waals surface area contributed by atoms with Crippen LogP contribution in [0.5, 0.6) is 0 Å². The maximum atomic E-state index is 8.70. The lowest BCUT2D eigenvalue weighted by Gasteiger charge is -2.02. The summed E-state index contributed by atoms with van der Waals surface area (Å²) in [5, 5.41) is 11.8. The lowest BCUT2D eigenvalue weighted by atomic mass is 10.1. The molecule has 0 spiro atoms. The molecule has 0 aliphatic rings. The normalized spacial score (nSPS) is 10.4. The second kappa shape index (κ2) is 4.59. The molecule has 2 aromatic heterocycles. The minimum absolute atomic E-state index is 0.447. The number of thiophene rings is 1. The molecule has 0 N–H and O–H groups in total. The zero-order chi connectivity index (χ0) is 12.4. The molecule has 0 bridgehead atoms. The molecule has 0 fully saturated rings. The molecule has 3 heteroatoms. The van der Waals surface area contributed by atoms with E-state index in [1.807, 2.05) is 30.3 Å². The molecule has 0 aliphatic carbocycles. The molecule has 3 aromatic rings. The van der Waals surface area contributed by atoms with Gasteiger partial charge in [0.05, 0.1) is 28.6 Å². The predicted octanol–water partition coefficient (Wildman–Crippen LogP) is 4.03. The summed E-state index contributed by atoms with van der Waals surface area (Å²) < 4.78 is 0. The Hall–Kier alpha value is -2.18. The zero-order valence-electron chi connectivity index (χ0n) is 9.63. The number of nitriles is 1. The number of rotatable bonds is 2. The third-order valence-corrected chi connectivity index (χ3v) is 3.70.